The highest BCUT2D eigenvalue weighted by Gasteiger charge is 2.15. The number of anilines is 1. The van der Waals surface area contributed by atoms with E-state index in [0.717, 1.165) is 5.56 Å². The quantitative estimate of drug-likeness (QED) is 0.299. The van der Waals surface area contributed by atoms with Gasteiger partial charge in [0.25, 0.3) is 5.56 Å². The summed E-state index contributed by atoms with van der Waals surface area (Å²) in [4.78, 5) is 30.3. The summed E-state index contributed by atoms with van der Waals surface area (Å²) in [5.74, 6) is -0.101. The minimum atomic E-state index is -0.213. The van der Waals surface area contributed by atoms with Gasteiger partial charge in [-0.1, -0.05) is 53.7 Å². The lowest BCUT2D eigenvalue weighted by Crippen LogP contribution is -2.24. The molecule has 0 atom stereocenters. The van der Waals surface area contributed by atoms with E-state index in [1.54, 1.807) is 22.8 Å². The molecule has 0 aliphatic rings. The molecule has 0 aliphatic heterocycles. The van der Waals surface area contributed by atoms with Crippen LogP contribution in [-0.4, -0.2) is 21.2 Å². The molecule has 2 aromatic carbocycles. The molecule has 0 spiro atoms. The van der Waals surface area contributed by atoms with E-state index >= 15 is 0 Å². The molecule has 0 saturated carbocycles. The van der Waals surface area contributed by atoms with Crippen LogP contribution in [0, 0.1) is 13.8 Å². The zero-order valence-electron chi connectivity index (χ0n) is 17.0. The number of thioether (sulfide) groups is 1. The van der Waals surface area contributed by atoms with Crippen LogP contribution in [0.4, 0.5) is 5.69 Å². The second-order valence-corrected chi connectivity index (χ2v) is 9.42. The Balaban J connectivity index is 1.61. The van der Waals surface area contributed by atoms with Crippen LogP contribution < -0.4 is 10.9 Å². The first kappa shape index (κ1) is 21.6. The van der Waals surface area contributed by atoms with Crippen molar-refractivity contribution in [1.82, 2.24) is 9.55 Å². The van der Waals surface area contributed by atoms with Gasteiger partial charge in [-0.15, -0.1) is 11.3 Å². The molecule has 0 aliphatic carbocycles. The highest BCUT2D eigenvalue weighted by molar-refractivity contribution is 7.99. The summed E-state index contributed by atoms with van der Waals surface area (Å²) in [5.41, 5.74) is 4.51. The van der Waals surface area contributed by atoms with Crippen molar-refractivity contribution in [3.8, 4) is 0 Å². The van der Waals surface area contributed by atoms with Crippen molar-refractivity contribution in [2.45, 2.75) is 25.5 Å². The molecule has 0 fully saturated rings. The fraction of sp³-hybridized carbons (Fsp3) is 0.174. The van der Waals surface area contributed by atoms with Gasteiger partial charge in [-0.05, 0) is 54.1 Å². The number of halogens is 1. The van der Waals surface area contributed by atoms with Crippen molar-refractivity contribution < 1.29 is 4.79 Å². The van der Waals surface area contributed by atoms with Crippen LogP contribution in [0.5, 0.6) is 0 Å². The monoisotopic (exact) mass is 469 g/mol. The maximum Gasteiger partial charge on any atom is 0.272 e. The van der Waals surface area contributed by atoms with E-state index in [0.29, 0.717) is 32.6 Å². The van der Waals surface area contributed by atoms with Gasteiger partial charge >= 0.3 is 0 Å². The summed E-state index contributed by atoms with van der Waals surface area (Å²) in [7, 11) is 0. The lowest BCUT2D eigenvalue weighted by Gasteiger charge is -2.13. The number of hydrogen-bond donors (Lipinski definition) is 1. The number of rotatable bonds is 6. The van der Waals surface area contributed by atoms with Gasteiger partial charge in [0.15, 0.2) is 5.16 Å². The molecule has 2 aromatic heterocycles. The molecule has 4 aromatic rings. The minimum Gasteiger partial charge on any atom is -0.324 e. The number of hydrogen-bond acceptors (Lipinski definition) is 5. The standard InChI is InChI=1S/C23H20ClN3O2S2/c1-14-7-8-16(11-15(14)2)12-27-22(29)21-19(9-10-30-21)26-23(27)31-13-20(28)25-18-6-4-3-5-17(18)24/h3-11H,12-13H2,1-2H3,(H,25,28). The molecular weight excluding hydrogens is 450 g/mol. The molecule has 2 heterocycles. The van der Waals surface area contributed by atoms with Gasteiger partial charge in [0.05, 0.1) is 28.5 Å². The summed E-state index contributed by atoms with van der Waals surface area (Å²) >= 11 is 8.74. The highest BCUT2D eigenvalue weighted by atomic mass is 35.5. The zero-order valence-corrected chi connectivity index (χ0v) is 19.4. The van der Waals surface area contributed by atoms with Crippen molar-refractivity contribution in [2.75, 3.05) is 11.1 Å². The smallest absolute Gasteiger partial charge is 0.272 e. The predicted molar refractivity (Wildman–Crippen MR) is 130 cm³/mol. The Kier molecular flexibility index (Phi) is 6.46. The number of nitrogens with zero attached hydrogens (tertiary/aromatic N) is 2. The number of aromatic nitrogens is 2. The third kappa shape index (κ3) is 4.84. The number of fused-ring (bicyclic) bond motifs is 1. The molecule has 0 bridgehead atoms. The zero-order chi connectivity index (χ0) is 22.0. The topological polar surface area (TPSA) is 64.0 Å². The van der Waals surface area contributed by atoms with E-state index in [4.69, 9.17) is 11.6 Å². The molecule has 4 rings (SSSR count). The summed E-state index contributed by atoms with van der Waals surface area (Å²) in [6.07, 6.45) is 0. The van der Waals surface area contributed by atoms with Gasteiger partial charge in [0, 0.05) is 0 Å². The average molecular weight is 470 g/mol. The summed E-state index contributed by atoms with van der Waals surface area (Å²) in [5, 5.41) is 5.66. The molecular formula is C23H20ClN3O2S2. The number of thiophene rings is 1. The van der Waals surface area contributed by atoms with Gasteiger partial charge in [0.2, 0.25) is 5.91 Å². The maximum atomic E-state index is 13.1. The van der Waals surface area contributed by atoms with Crippen LogP contribution in [0.15, 0.2) is 63.9 Å². The lowest BCUT2D eigenvalue weighted by molar-refractivity contribution is -0.113. The highest BCUT2D eigenvalue weighted by Crippen LogP contribution is 2.24. The second kappa shape index (κ2) is 9.26. The van der Waals surface area contributed by atoms with Gasteiger partial charge < -0.3 is 5.32 Å². The van der Waals surface area contributed by atoms with Crippen molar-refractivity contribution in [3.05, 3.63) is 86.0 Å². The normalized spacial score (nSPS) is 11.1. The molecule has 31 heavy (non-hydrogen) atoms. The van der Waals surface area contributed by atoms with Gasteiger partial charge in [0.1, 0.15) is 4.70 Å². The number of nitrogens with one attached hydrogen (secondary N) is 1. The molecule has 5 nitrogen and oxygen atoms in total. The lowest BCUT2D eigenvalue weighted by atomic mass is 10.1. The van der Waals surface area contributed by atoms with Crippen molar-refractivity contribution in [2.24, 2.45) is 0 Å². The molecule has 158 valence electrons. The summed E-state index contributed by atoms with van der Waals surface area (Å²) in [6, 6.07) is 15.1. The first-order valence-corrected chi connectivity index (χ1v) is 11.9. The van der Waals surface area contributed by atoms with E-state index in [1.807, 2.05) is 23.6 Å². The van der Waals surface area contributed by atoms with E-state index in [-0.39, 0.29) is 17.2 Å². The Bertz CT molecular complexity index is 1330. The van der Waals surface area contributed by atoms with E-state index in [1.165, 1.54) is 34.2 Å². The SMILES string of the molecule is Cc1ccc(Cn2c(SCC(=O)Nc3ccccc3Cl)nc3ccsc3c2=O)cc1C. The Morgan fingerprint density at radius 3 is 2.74 bits per heavy atom. The average Bonchev–Trinajstić information content (AvgIpc) is 3.22. The van der Waals surface area contributed by atoms with E-state index in [9.17, 15) is 9.59 Å². The van der Waals surface area contributed by atoms with Crippen LogP contribution in [0.2, 0.25) is 5.02 Å². The van der Waals surface area contributed by atoms with E-state index < -0.39 is 0 Å². The number of benzene rings is 2. The van der Waals surface area contributed by atoms with Crippen LogP contribution >= 0.6 is 34.7 Å². The summed E-state index contributed by atoms with van der Waals surface area (Å²) < 4.78 is 2.27. The Labute approximate surface area is 193 Å². The summed E-state index contributed by atoms with van der Waals surface area (Å²) in [6.45, 7) is 4.51. The third-order valence-electron chi connectivity index (χ3n) is 4.92. The van der Waals surface area contributed by atoms with Gasteiger partial charge in [-0.3, -0.25) is 14.2 Å². The molecule has 0 unspecified atom stereocenters. The number of para-hydroxylation sites is 1. The largest absolute Gasteiger partial charge is 0.324 e. The number of aryl methyl sites for hydroxylation is 2. The fourth-order valence-corrected chi connectivity index (χ4v) is 4.90. The predicted octanol–water partition coefficient (Wildman–Crippen LogP) is 5.51. The van der Waals surface area contributed by atoms with Gasteiger partial charge in [-0.25, -0.2) is 4.98 Å². The second-order valence-electron chi connectivity index (χ2n) is 7.16. The third-order valence-corrected chi connectivity index (χ3v) is 7.12. The Morgan fingerprint density at radius 1 is 1.16 bits per heavy atom. The number of amides is 1. The van der Waals surface area contributed by atoms with Crippen LogP contribution in [-0.2, 0) is 11.3 Å². The minimum absolute atomic E-state index is 0.0905. The van der Waals surface area contributed by atoms with Crippen molar-refractivity contribution in [1.29, 1.82) is 0 Å². The molecule has 8 heteroatoms. The Morgan fingerprint density at radius 2 is 1.97 bits per heavy atom. The van der Waals surface area contributed by atoms with Gasteiger partial charge in [-0.2, -0.15) is 0 Å². The molecule has 0 saturated heterocycles. The Hall–Kier alpha value is -2.61. The van der Waals surface area contributed by atoms with Crippen LogP contribution in [0.1, 0.15) is 16.7 Å². The molecule has 1 N–H and O–H groups in total. The van der Waals surface area contributed by atoms with Crippen molar-refractivity contribution >= 4 is 56.5 Å². The molecule has 1 amide bonds. The van der Waals surface area contributed by atoms with Crippen LogP contribution in [0.25, 0.3) is 10.2 Å². The number of carbonyl (C=O) groups excluding carboxylic acids is 1. The fourth-order valence-electron chi connectivity index (χ4n) is 3.14. The molecule has 0 radical (unpaired) electrons. The maximum absolute atomic E-state index is 13.1. The first-order chi connectivity index (χ1) is 14.9. The van der Waals surface area contributed by atoms with E-state index in [2.05, 4.69) is 36.3 Å². The van der Waals surface area contributed by atoms with Crippen molar-refractivity contribution in [3.63, 3.8) is 0 Å². The van der Waals surface area contributed by atoms with Crippen LogP contribution in [0.3, 0.4) is 0 Å². The first-order valence-electron chi connectivity index (χ1n) is 9.64. The number of carbonyl (C=O) groups is 1.